The van der Waals surface area contributed by atoms with Crippen LogP contribution in [0.1, 0.15) is 70.9 Å². The Bertz CT molecular complexity index is 1130. The maximum Gasteiger partial charge on any atom is 0.491 e. The Labute approximate surface area is 226 Å². The van der Waals surface area contributed by atoms with Gasteiger partial charge in [-0.1, -0.05) is 45.0 Å². The van der Waals surface area contributed by atoms with E-state index in [1.807, 2.05) is 25.1 Å². The summed E-state index contributed by atoms with van der Waals surface area (Å²) in [6.45, 7) is 13.3. The smallest absolute Gasteiger partial charge is 0.446 e. The molecule has 8 atom stereocenters. The van der Waals surface area contributed by atoms with Crippen LogP contribution >= 0.6 is 0 Å². The molecule has 1 amide bonds. The van der Waals surface area contributed by atoms with Crippen molar-refractivity contribution in [3.8, 4) is 0 Å². The van der Waals surface area contributed by atoms with Gasteiger partial charge in [0.1, 0.15) is 11.9 Å². The molecular formula is C30H42BNO6. The Morgan fingerprint density at radius 3 is 2.74 bits per heavy atom. The zero-order valence-electron chi connectivity index (χ0n) is 23.4. The lowest BCUT2D eigenvalue weighted by atomic mass is 9.44. The molecule has 38 heavy (non-hydrogen) atoms. The highest BCUT2D eigenvalue weighted by atomic mass is 16.6. The third-order valence-corrected chi connectivity index (χ3v) is 11.1. The summed E-state index contributed by atoms with van der Waals surface area (Å²) < 4.78 is 17.7. The number of methoxy groups -OCH3 is 1. The fourth-order valence-corrected chi connectivity index (χ4v) is 8.51. The molecule has 5 rings (SSSR count). The second-order valence-corrected chi connectivity index (χ2v) is 12.7. The molecule has 0 spiro atoms. The molecule has 0 aromatic heterocycles. The van der Waals surface area contributed by atoms with Crippen LogP contribution in [0.2, 0.25) is 0 Å². The minimum atomic E-state index is -0.934. The number of hydrogen-bond acceptors (Lipinski definition) is 6. The summed E-state index contributed by atoms with van der Waals surface area (Å²) >= 11 is 0. The summed E-state index contributed by atoms with van der Waals surface area (Å²) in [4.78, 5) is 27.4. The van der Waals surface area contributed by atoms with Crippen LogP contribution in [0.25, 0.3) is 0 Å². The molecule has 8 heteroatoms. The normalized spacial score (nSPS) is 40.1. The van der Waals surface area contributed by atoms with Gasteiger partial charge in [-0.3, -0.25) is 4.79 Å². The number of carbonyl (C=O) groups excluding carboxylic acids is 2. The second kappa shape index (κ2) is 9.79. The molecule has 7 nitrogen and oxygen atoms in total. The molecule has 2 bridgehead atoms. The van der Waals surface area contributed by atoms with E-state index < -0.39 is 24.7 Å². The number of carbonyl (C=O) groups is 2. The lowest BCUT2D eigenvalue weighted by molar-refractivity contribution is -0.188. The van der Waals surface area contributed by atoms with Gasteiger partial charge in [0.15, 0.2) is 0 Å². The van der Waals surface area contributed by atoms with Crippen molar-refractivity contribution < 1.29 is 28.7 Å². The molecule has 0 radical (unpaired) electrons. The summed E-state index contributed by atoms with van der Waals surface area (Å²) in [6, 6.07) is 5.70. The molecule has 1 aromatic carbocycles. The van der Waals surface area contributed by atoms with Crippen molar-refractivity contribution >= 4 is 24.5 Å². The molecule has 3 saturated carbocycles. The zero-order valence-corrected chi connectivity index (χ0v) is 23.4. The van der Waals surface area contributed by atoms with Crippen molar-refractivity contribution in [3.63, 3.8) is 0 Å². The number of amides is 1. The number of allylic oxidation sites excluding steroid dienone is 1. The minimum Gasteiger partial charge on any atom is -0.446 e. The molecule has 0 saturated heterocycles. The first kappa shape index (κ1) is 27.4. The van der Waals surface area contributed by atoms with E-state index in [9.17, 15) is 14.6 Å². The van der Waals surface area contributed by atoms with Crippen molar-refractivity contribution in [1.29, 1.82) is 0 Å². The maximum absolute atomic E-state index is 14.0. The first-order chi connectivity index (χ1) is 18.0. The van der Waals surface area contributed by atoms with E-state index in [-0.39, 0.29) is 41.1 Å². The summed E-state index contributed by atoms with van der Waals surface area (Å²) in [6.07, 6.45) is 5.06. The maximum atomic E-state index is 14.0. The van der Waals surface area contributed by atoms with Crippen molar-refractivity contribution in [2.45, 2.75) is 85.2 Å². The fraction of sp³-hybridized carbons (Fsp3) is 0.667. The summed E-state index contributed by atoms with van der Waals surface area (Å²) in [5, 5.41) is 13.0. The van der Waals surface area contributed by atoms with E-state index in [2.05, 4.69) is 32.7 Å². The predicted molar refractivity (Wildman–Crippen MR) is 145 cm³/mol. The third kappa shape index (κ3) is 4.06. The van der Waals surface area contributed by atoms with Gasteiger partial charge in [-0.25, -0.2) is 4.79 Å². The predicted octanol–water partition coefficient (Wildman–Crippen LogP) is 4.15. The standard InChI is InChI=1S/C30H42BNO6/c1-7-28(4)15-24(38-27(34)32-16-20-8-9-21-17-37-31(35)22(21)14-20)29(5)18(2)10-12-30(19(3)26(28)33)13-11-23(36-6)25(29)30/h7-9,14,18-19,23-25,35H,1,10-13,15-17H2,2-6H3,(H,32,34)/t18-,19-,23+,24+,25+,28+,29-,30-/m0/s1. The lowest BCUT2D eigenvalue weighted by Crippen LogP contribution is -2.63. The Kier molecular flexibility index (Phi) is 7.06. The number of alkyl carbamates (subject to hydrolysis) is 1. The van der Waals surface area contributed by atoms with Gasteiger partial charge in [0.2, 0.25) is 0 Å². The van der Waals surface area contributed by atoms with Crippen molar-refractivity contribution in [1.82, 2.24) is 5.32 Å². The highest BCUT2D eigenvalue weighted by Crippen LogP contribution is 2.68. The van der Waals surface area contributed by atoms with Gasteiger partial charge < -0.3 is 24.5 Å². The Morgan fingerprint density at radius 1 is 1.29 bits per heavy atom. The van der Waals surface area contributed by atoms with E-state index in [1.165, 1.54) is 0 Å². The van der Waals surface area contributed by atoms with Gasteiger partial charge in [0.25, 0.3) is 0 Å². The van der Waals surface area contributed by atoms with Crippen LogP contribution in [0.5, 0.6) is 0 Å². The summed E-state index contributed by atoms with van der Waals surface area (Å²) in [5.41, 5.74) is 1.22. The van der Waals surface area contributed by atoms with Crippen molar-refractivity contribution in [2.75, 3.05) is 7.11 Å². The Hall–Kier alpha value is -2.16. The average Bonchev–Trinajstić information content (AvgIpc) is 3.49. The molecule has 2 N–H and O–H groups in total. The number of ether oxygens (including phenoxy) is 2. The van der Waals surface area contributed by atoms with Crippen LogP contribution in [0, 0.1) is 34.0 Å². The van der Waals surface area contributed by atoms with Gasteiger partial charge in [-0.2, -0.15) is 0 Å². The Morgan fingerprint density at radius 2 is 2.03 bits per heavy atom. The first-order valence-electron chi connectivity index (χ1n) is 14.1. The molecular weight excluding hydrogens is 481 g/mol. The molecule has 3 aliphatic carbocycles. The van der Waals surface area contributed by atoms with Crippen LogP contribution in [0.4, 0.5) is 4.79 Å². The van der Waals surface area contributed by atoms with E-state index in [0.29, 0.717) is 18.9 Å². The number of nitrogens with one attached hydrogen (secondary N) is 1. The van der Waals surface area contributed by atoms with Crippen LogP contribution in [-0.4, -0.2) is 43.3 Å². The van der Waals surface area contributed by atoms with Gasteiger partial charge in [-0.05, 0) is 60.5 Å². The van der Waals surface area contributed by atoms with Crippen LogP contribution < -0.4 is 10.8 Å². The van der Waals surface area contributed by atoms with Crippen molar-refractivity contribution in [3.05, 3.63) is 42.0 Å². The second-order valence-electron chi connectivity index (χ2n) is 12.7. The summed E-state index contributed by atoms with van der Waals surface area (Å²) in [7, 11) is 0.838. The zero-order chi connectivity index (χ0) is 27.5. The SMILES string of the molecule is C=C[C@]1(C)C[C@@H](OC(=O)NCc2ccc3c(c2)B(O)OC3)[C@]2(C)[C@@H](C)CC[C@]3(CC[C@@H](OC)[C@@H]32)[C@@H](C)C1=O. The highest BCUT2D eigenvalue weighted by Gasteiger charge is 2.68. The fourth-order valence-electron chi connectivity index (χ4n) is 8.51. The molecule has 1 aromatic rings. The van der Waals surface area contributed by atoms with E-state index in [1.54, 1.807) is 13.2 Å². The molecule has 1 aliphatic heterocycles. The molecule has 0 unspecified atom stereocenters. The summed E-state index contributed by atoms with van der Waals surface area (Å²) in [5.74, 6) is 0.491. The van der Waals surface area contributed by atoms with Crippen LogP contribution in [-0.2, 0) is 32.1 Å². The van der Waals surface area contributed by atoms with Gasteiger partial charge in [0, 0.05) is 42.7 Å². The number of fused-ring (bicyclic) bond motifs is 1. The molecule has 206 valence electrons. The monoisotopic (exact) mass is 523 g/mol. The van der Waals surface area contributed by atoms with Crippen molar-refractivity contribution in [2.24, 2.45) is 34.0 Å². The van der Waals surface area contributed by atoms with E-state index in [0.717, 1.165) is 42.3 Å². The minimum absolute atomic E-state index is 0.0281. The number of Topliss-reactive ketones (excluding diaryl/α,β-unsaturated/α-hetero) is 1. The number of rotatable bonds is 5. The number of ketones is 1. The highest BCUT2D eigenvalue weighted by molar-refractivity contribution is 6.61. The lowest BCUT2D eigenvalue weighted by Gasteiger charge is -2.61. The quantitative estimate of drug-likeness (QED) is 0.445. The number of hydrogen-bond donors (Lipinski definition) is 2. The largest absolute Gasteiger partial charge is 0.491 e. The van der Waals surface area contributed by atoms with E-state index in [4.69, 9.17) is 14.1 Å². The van der Waals surface area contributed by atoms with Crippen LogP contribution in [0.15, 0.2) is 30.9 Å². The number of benzene rings is 1. The first-order valence-corrected chi connectivity index (χ1v) is 14.1. The van der Waals surface area contributed by atoms with Gasteiger partial charge >= 0.3 is 13.2 Å². The average molecular weight is 523 g/mol. The molecule has 4 aliphatic rings. The van der Waals surface area contributed by atoms with E-state index >= 15 is 0 Å². The van der Waals surface area contributed by atoms with Gasteiger partial charge in [0.05, 0.1) is 12.7 Å². The molecule has 1 heterocycles. The third-order valence-electron chi connectivity index (χ3n) is 11.1. The Balaban J connectivity index is 1.44. The van der Waals surface area contributed by atoms with Gasteiger partial charge in [-0.15, -0.1) is 6.58 Å². The topological polar surface area (TPSA) is 94.1 Å². The van der Waals surface area contributed by atoms with Crippen LogP contribution in [0.3, 0.4) is 0 Å². The molecule has 3 fully saturated rings.